The SMILES string of the molecule is CC1(C)[C@H](CNc2cc(F)ccc2OCC(F)(F)F)[C@H]1c1ccc(S(N)(=O)=O)cc1. The van der Waals surface area contributed by atoms with Gasteiger partial charge in [-0.25, -0.2) is 17.9 Å². The number of benzene rings is 2. The molecule has 0 amide bonds. The third kappa shape index (κ3) is 5.04. The van der Waals surface area contributed by atoms with E-state index in [-0.39, 0.29) is 33.6 Å². The standard InChI is InChI=1S/C20H22F4N2O3S/c1-19(2)15(18(19)12-3-6-14(7-4-12)30(25,27)28)10-26-16-9-13(21)5-8-17(16)29-11-20(22,23)24/h3-9,15,18,26H,10-11H2,1-2H3,(H2,25,27,28)/t15-,18-/m1/s1. The highest BCUT2D eigenvalue weighted by molar-refractivity contribution is 7.89. The van der Waals surface area contributed by atoms with Gasteiger partial charge in [0.2, 0.25) is 10.0 Å². The van der Waals surface area contributed by atoms with Crippen molar-refractivity contribution in [3.05, 3.63) is 53.8 Å². The van der Waals surface area contributed by atoms with E-state index in [0.29, 0.717) is 6.54 Å². The Morgan fingerprint density at radius 3 is 2.33 bits per heavy atom. The van der Waals surface area contributed by atoms with Gasteiger partial charge in [-0.1, -0.05) is 26.0 Å². The molecule has 2 aromatic carbocycles. The van der Waals surface area contributed by atoms with E-state index in [1.54, 1.807) is 12.1 Å². The lowest BCUT2D eigenvalue weighted by molar-refractivity contribution is -0.153. The van der Waals surface area contributed by atoms with E-state index >= 15 is 0 Å². The third-order valence-electron chi connectivity index (χ3n) is 5.46. The smallest absolute Gasteiger partial charge is 0.422 e. The van der Waals surface area contributed by atoms with Crippen molar-refractivity contribution in [2.24, 2.45) is 16.5 Å². The number of ether oxygens (including phenoxy) is 1. The number of halogens is 4. The molecule has 0 aromatic heterocycles. The highest BCUT2D eigenvalue weighted by Gasteiger charge is 2.57. The molecule has 0 spiro atoms. The van der Waals surface area contributed by atoms with Gasteiger partial charge >= 0.3 is 6.18 Å². The van der Waals surface area contributed by atoms with Crippen molar-refractivity contribution in [2.45, 2.75) is 30.8 Å². The summed E-state index contributed by atoms with van der Waals surface area (Å²) in [5, 5.41) is 8.11. The molecule has 10 heteroatoms. The van der Waals surface area contributed by atoms with E-state index in [4.69, 9.17) is 9.88 Å². The quantitative estimate of drug-likeness (QED) is 0.623. The molecular weight excluding hydrogens is 424 g/mol. The number of anilines is 1. The molecule has 1 aliphatic rings. The van der Waals surface area contributed by atoms with Crippen LogP contribution in [0.5, 0.6) is 5.75 Å². The highest BCUT2D eigenvalue weighted by atomic mass is 32.2. The molecule has 0 aliphatic heterocycles. The summed E-state index contributed by atoms with van der Waals surface area (Å²) in [6.45, 7) is 2.97. The van der Waals surface area contributed by atoms with Crippen molar-refractivity contribution in [1.29, 1.82) is 0 Å². The number of alkyl halides is 3. The van der Waals surface area contributed by atoms with E-state index in [0.717, 1.165) is 23.8 Å². The van der Waals surface area contributed by atoms with Crippen molar-refractivity contribution in [3.8, 4) is 5.75 Å². The fourth-order valence-corrected chi connectivity index (χ4v) is 4.31. The highest BCUT2D eigenvalue weighted by Crippen LogP contribution is 2.64. The molecule has 3 N–H and O–H groups in total. The zero-order chi connectivity index (χ0) is 22.3. The molecule has 3 rings (SSSR count). The Bertz CT molecular complexity index is 1020. The molecular formula is C20H22F4N2O3S. The Labute approximate surface area is 172 Å². The number of rotatable bonds is 7. The van der Waals surface area contributed by atoms with Gasteiger partial charge in [-0.15, -0.1) is 0 Å². The molecule has 0 radical (unpaired) electrons. The van der Waals surface area contributed by atoms with Gasteiger partial charge in [0.1, 0.15) is 11.6 Å². The summed E-state index contributed by atoms with van der Waals surface area (Å²) in [6.07, 6.45) is -4.50. The monoisotopic (exact) mass is 446 g/mol. The van der Waals surface area contributed by atoms with Gasteiger partial charge in [-0.3, -0.25) is 0 Å². The van der Waals surface area contributed by atoms with Gasteiger partial charge in [0.15, 0.2) is 6.61 Å². The molecule has 30 heavy (non-hydrogen) atoms. The molecule has 2 aromatic rings. The van der Waals surface area contributed by atoms with Crippen molar-refractivity contribution in [2.75, 3.05) is 18.5 Å². The van der Waals surface area contributed by atoms with Crippen molar-refractivity contribution < 1.29 is 30.7 Å². The first kappa shape index (κ1) is 22.4. The van der Waals surface area contributed by atoms with Crippen molar-refractivity contribution in [3.63, 3.8) is 0 Å². The van der Waals surface area contributed by atoms with Crippen LogP contribution < -0.4 is 15.2 Å². The van der Waals surface area contributed by atoms with E-state index in [1.165, 1.54) is 12.1 Å². The molecule has 5 nitrogen and oxygen atoms in total. The first-order valence-corrected chi connectivity index (χ1v) is 10.7. The van der Waals surface area contributed by atoms with Crippen LogP contribution in [0, 0.1) is 17.2 Å². The zero-order valence-corrected chi connectivity index (χ0v) is 17.1. The number of hydrogen-bond donors (Lipinski definition) is 2. The van der Waals surface area contributed by atoms with Crippen LogP contribution in [0.3, 0.4) is 0 Å². The minimum Gasteiger partial charge on any atom is -0.482 e. The molecule has 0 saturated heterocycles. The molecule has 1 saturated carbocycles. The van der Waals surface area contributed by atoms with E-state index < -0.39 is 28.6 Å². The Balaban J connectivity index is 1.71. The van der Waals surface area contributed by atoms with E-state index in [1.807, 2.05) is 13.8 Å². The van der Waals surface area contributed by atoms with Crippen LogP contribution in [0.25, 0.3) is 0 Å². The average Bonchev–Trinajstić information content (AvgIpc) is 3.18. The zero-order valence-electron chi connectivity index (χ0n) is 16.3. The second-order valence-corrected chi connectivity index (χ2v) is 9.51. The Morgan fingerprint density at radius 1 is 1.13 bits per heavy atom. The fraction of sp³-hybridized carbons (Fsp3) is 0.400. The Kier molecular flexibility index (Phi) is 5.76. The van der Waals surface area contributed by atoms with Crippen LogP contribution in [-0.4, -0.2) is 27.7 Å². The number of nitrogens with two attached hydrogens (primary N) is 1. The first-order chi connectivity index (χ1) is 13.8. The normalized spacial score (nSPS) is 20.6. The number of nitrogens with one attached hydrogen (secondary N) is 1. The summed E-state index contributed by atoms with van der Waals surface area (Å²) in [4.78, 5) is 0.0191. The lowest BCUT2D eigenvalue weighted by Crippen LogP contribution is -2.20. The third-order valence-corrected chi connectivity index (χ3v) is 6.39. The number of sulfonamides is 1. The van der Waals surface area contributed by atoms with Gasteiger partial charge in [0.25, 0.3) is 0 Å². The van der Waals surface area contributed by atoms with Crippen LogP contribution in [0.4, 0.5) is 23.2 Å². The fourth-order valence-electron chi connectivity index (χ4n) is 3.80. The molecule has 164 valence electrons. The molecule has 2 atom stereocenters. The first-order valence-electron chi connectivity index (χ1n) is 9.15. The average molecular weight is 446 g/mol. The summed E-state index contributed by atoms with van der Waals surface area (Å²) >= 11 is 0. The van der Waals surface area contributed by atoms with Crippen LogP contribution in [0.1, 0.15) is 25.3 Å². The van der Waals surface area contributed by atoms with Crippen LogP contribution in [0.15, 0.2) is 47.4 Å². The van der Waals surface area contributed by atoms with Gasteiger partial charge in [0.05, 0.1) is 10.6 Å². The summed E-state index contributed by atoms with van der Waals surface area (Å²) in [5.74, 6) is -0.493. The van der Waals surface area contributed by atoms with Crippen LogP contribution in [-0.2, 0) is 10.0 Å². The molecule has 0 unspecified atom stereocenters. The maximum absolute atomic E-state index is 13.6. The second kappa shape index (κ2) is 7.73. The molecule has 1 aliphatic carbocycles. The Hall–Kier alpha value is -2.33. The second-order valence-electron chi connectivity index (χ2n) is 7.94. The predicted molar refractivity (Wildman–Crippen MR) is 104 cm³/mol. The lowest BCUT2D eigenvalue weighted by atomic mass is 10.0. The summed E-state index contributed by atoms with van der Waals surface area (Å²) in [5.41, 5.74) is 0.924. The summed E-state index contributed by atoms with van der Waals surface area (Å²) in [6, 6.07) is 9.58. The summed E-state index contributed by atoms with van der Waals surface area (Å²) < 4.78 is 78.6. The Morgan fingerprint density at radius 2 is 1.77 bits per heavy atom. The lowest BCUT2D eigenvalue weighted by Gasteiger charge is -2.15. The molecule has 0 bridgehead atoms. The van der Waals surface area contributed by atoms with E-state index in [9.17, 15) is 26.0 Å². The molecule has 0 heterocycles. The minimum absolute atomic E-state index is 0.0191. The van der Waals surface area contributed by atoms with Gasteiger partial charge in [-0.05, 0) is 47.1 Å². The van der Waals surface area contributed by atoms with E-state index in [2.05, 4.69) is 5.32 Å². The molecule has 1 fully saturated rings. The van der Waals surface area contributed by atoms with Gasteiger partial charge < -0.3 is 10.1 Å². The summed E-state index contributed by atoms with van der Waals surface area (Å²) in [7, 11) is -3.78. The van der Waals surface area contributed by atoms with Crippen LogP contribution >= 0.6 is 0 Å². The minimum atomic E-state index is -4.50. The van der Waals surface area contributed by atoms with Gasteiger partial charge in [0, 0.05) is 12.6 Å². The van der Waals surface area contributed by atoms with Gasteiger partial charge in [-0.2, -0.15) is 13.2 Å². The number of hydrogen-bond acceptors (Lipinski definition) is 4. The predicted octanol–water partition coefficient (Wildman–Crippen LogP) is 4.27. The van der Waals surface area contributed by atoms with Crippen molar-refractivity contribution >= 4 is 15.7 Å². The maximum atomic E-state index is 13.6. The van der Waals surface area contributed by atoms with Crippen molar-refractivity contribution in [1.82, 2.24) is 0 Å². The number of primary sulfonamides is 1. The van der Waals surface area contributed by atoms with Crippen LogP contribution in [0.2, 0.25) is 0 Å². The topological polar surface area (TPSA) is 81.4 Å². The maximum Gasteiger partial charge on any atom is 0.422 e. The largest absolute Gasteiger partial charge is 0.482 e.